The lowest BCUT2D eigenvalue weighted by atomic mass is 10.1. The van der Waals surface area contributed by atoms with Gasteiger partial charge in [-0.05, 0) is 42.3 Å². The molecule has 6 heteroatoms. The van der Waals surface area contributed by atoms with E-state index in [9.17, 15) is 4.79 Å². The Kier molecular flexibility index (Phi) is 5.27. The molecule has 1 aliphatic rings. The fourth-order valence-electron chi connectivity index (χ4n) is 2.20. The Morgan fingerprint density at radius 1 is 1.29 bits per heavy atom. The zero-order valence-electron chi connectivity index (χ0n) is 13.1. The maximum Gasteiger partial charge on any atom is 0.259 e. The molecule has 0 atom stereocenters. The predicted octanol–water partition coefficient (Wildman–Crippen LogP) is 3.77. The molecule has 0 aliphatic carbocycles. The zero-order valence-corrected chi connectivity index (χ0v) is 14.8. The number of carbonyl (C=O) groups excluding carboxylic acids is 1. The van der Waals surface area contributed by atoms with E-state index in [2.05, 4.69) is 24.2 Å². The fourth-order valence-corrected chi connectivity index (χ4v) is 3.17. The highest BCUT2D eigenvalue weighted by molar-refractivity contribution is 8.23. The molecule has 0 spiro atoms. The van der Waals surface area contributed by atoms with Crippen molar-refractivity contribution >= 4 is 40.4 Å². The van der Waals surface area contributed by atoms with Crippen molar-refractivity contribution in [2.75, 3.05) is 5.75 Å². The molecule has 122 valence electrons. The molecule has 1 aliphatic heterocycles. The number of hydrogen-bond acceptors (Lipinski definition) is 5. The zero-order chi connectivity index (χ0) is 16.9. The number of thiocarbonyl (C=S) groups is 1. The van der Waals surface area contributed by atoms with E-state index in [0.29, 0.717) is 16.7 Å². The number of hydrogen-bond donors (Lipinski definition) is 0. The van der Waals surface area contributed by atoms with Crippen molar-refractivity contribution < 1.29 is 9.53 Å². The van der Waals surface area contributed by atoms with Crippen LogP contribution in [0.1, 0.15) is 16.7 Å². The monoisotopic (exact) mass is 356 g/mol. The molecule has 0 saturated carbocycles. The normalized spacial score (nSPS) is 14.6. The summed E-state index contributed by atoms with van der Waals surface area (Å²) in [5.41, 5.74) is 3.24. The van der Waals surface area contributed by atoms with Gasteiger partial charge in [-0.15, -0.1) is 0 Å². The van der Waals surface area contributed by atoms with E-state index in [0.717, 1.165) is 16.9 Å². The van der Waals surface area contributed by atoms with E-state index >= 15 is 0 Å². The summed E-state index contributed by atoms with van der Waals surface area (Å²) in [6, 6.07) is 15.8. The maximum absolute atomic E-state index is 11.6. The summed E-state index contributed by atoms with van der Waals surface area (Å²) in [4.78, 5) is 11.6. The number of aryl methyl sites for hydroxylation is 1. The molecule has 2 aromatic rings. The largest absolute Gasteiger partial charge is 0.489 e. The smallest absolute Gasteiger partial charge is 0.259 e. The summed E-state index contributed by atoms with van der Waals surface area (Å²) in [5.74, 6) is 1.07. The molecule has 24 heavy (non-hydrogen) atoms. The van der Waals surface area contributed by atoms with Crippen LogP contribution in [0.2, 0.25) is 0 Å². The Labute approximate surface area is 150 Å². The number of nitrogens with zero attached hydrogens (tertiary/aromatic N) is 2. The quantitative estimate of drug-likeness (QED) is 0.604. The highest BCUT2D eigenvalue weighted by Gasteiger charge is 2.25. The minimum atomic E-state index is -0.0839. The molecule has 1 heterocycles. The van der Waals surface area contributed by atoms with Gasteiger partial charge in [0.05, 0.1) is 12.0 Å². The van der Waals surface area contributed by atoms with Crippen LogP contribution in [0, 0.1) is 6.92 Å². The molecule has 1 fully saturated rings. The van der Waals surface area contributed by atoms with Crippen LogP contribution in [-0.4, -0.2) is 27.2 Å². The molecule has 1 saturated heterocycles. The number of rotatable bonds is 5. The molecule has 0 radical (unpaired) electrons. The van der Waals surface area contributed by atoms with Crippen LogP contribution in [0.5, 0.6) is 5.75 Å². The molecular weight excluding hydrogens is 340 g/mol. The van der Waals surface area contributed by atoms with Gasteiger partial charge < -0.3 is 4.74 Å². The molecule has 2 aromatic carbocycles. The van der Waals surface area contributed by atoms with Crippen molar-refractivity contribution in [3.8, 4) is 5.75 Å². The van der Waals surface area contributed by atoms with Crippen molar-refractivity contribution in [1.82, 2.24) is 5.01 Å². The lowest BCUT2D eigenvalue weighted by molar-refractivity contribution is -0.123. The minimum absolute atomic E-state index is 0.0839. The number of carbonyl (C=O) groups is 1. The molecule has 0 aromatic heterocycles. The summed E-state index contributed by atoms with van der Waals surface area (Å²) in [6.07, 6.45) is 1.63. The Balaban J connectivity index is 1.59. The molecule has 4 nitrogen and oxygen atoms in total. The third-order valence-electron chi connectivity index (χ3n) is 3.42. The van der Waals surface area contributed by atoms with Crippen LogP contribution in [0.25, 0.3) is 0 Å². The average molecular weight is 356 g/mol. The van der Waals surface area contributed by atoms with Gasteiger partial charge in [0, 0.05) is 0 Å². The van der Waals surface area contributed by atoms with E-state index in [-0.39, 0.29) is 5.91 Å². The van der Waals surface area contributed by atoms with Crippen molar-refractivity contribution in [2.24, 2.45) is 5.10 Å². The number of hydrazone groups is 1. The third-order valence-corrected chi connectivity index (χ3v) is 4.76. The number of thioether (sulfide) groups is 1. The Morgan fingerprint density at radius 3 is 2.75 bits per heavy atom. The number of benzene rings is 2. The molecule has 0 N–H and O–H groups in total. The molecule has 0 unspecified atom stereocenters. The van der Waals surface area contributed by atoms with Crippen LogP contribution in [0.3, 0.4) is 0 Å². The van der Waals surface area contributed by atoms with Gasteiger partial charge in [0.15, 0.2) is 4.32 Å². The molecular formula is C18H16N2O2S2. The first kappa shape index (κ1) is 16.7. The van der Waals surface area contributed by atoms with Gasteiger partial charge in [0.1, 0.15) is 12.4 Å². The second kappa shape index (κ2) is 7.59. The van der Waals surface area contributed by atoms with Gasteiger partial charge in [-0.3, -0.25) is 4.79 Å². The summed E-state index contributed by atoms with van der Waals surface area (Å²) in [6.45, 7) is 2.59. The van der Waals surface area contributed by atoms with Gasteiger partial charge in [0.25, 0.3) is 5.91 Å². The van der Waals surface area contributed by atoms with Crippen LogP contribution in [0.15, 0.2) is 53.6 Å². The highest BCUT2D eigenvalue weighted by Crippen LogP contribution is 2.19. The first-order valence-corrected chi connectivity index (χ1v) is 8.83. The topological polar surface area (TPSA) is 41.9 Å². The maximum atomic E-state index is 11.6. The lowest BCUT2D eigenvalue weighted by Crippen LogP contribution is -2.22. The second-order valence-electron chi connectivity index (χ2n) is 5.35. The second-order valence-corrected chi connectivity index (χ2v) is 6.96. The summed E-state index contributed by atoms with van der Waals surface area (Å²) < 4.78 is 6.28. The lowest BCUT2D eigenvalue weighted by Gasteiger charge is -2.08. The average Bonchev–Trinajstić information content (AvgIpc) is 2.90. The molecule has 0 bridgehead atoms. The van der Waals surface area contributed by atoms with Gasteiger partial charge in [0.2, 0.25) is 0 Å². The first-order chi connectivity index (χ1) is 11.6. The van der Waals surface area contributed by atoms with Crippen molar-refractivity contribution in [2.45, 2.75) is 13.5 Å². The van der Waals surface area contributed by atoms with Crippen LogP contribution < -0.4 is 4.74 Å². The summed E-state index contributed by atoms with van der Waals surface area (Å²) in [5, 5.41) is 5.41. The Bertz CT molecular complexity index is 772. The van der Waals surface area contributed by atoms with E-state index in [4.69, 9.17) is 17.0 Å². The van der Waals surface area contributed by atoms with Crippen LogP contribution >= 0.6 is 24.0 Å². The van der Waals surface area contributed by atoms with E-state index < -0.39 is 0 Å². The first-order valence-electron chi connectivity index (χ1n) is 7.44. The molecule has 3 rings (SSSR count). The van der Waals surface area contributed by atoms with E-state index in [1.54, 1.807) is 6.21 Å². The van der Waals surface area contributed by atoms with Crippen LogP contribution in [0.4, 0.5) is 0 Å². The Hall–Kier alpha value is -2.18. The van der Waals surface area contributed by atoms with Crippen molar-refractivity contribution in [1.29, 1.82) is 0 Å². The highest BCUT2D eigenvalue weighted by atomic mass is 32.2. The number of ether oxygens (including phenoxy) is 1. The molecule has 1 amide bonds. The summed E-state index contributed by atoms with van der Waals surface area (Å²) in [7, 11) is 0. The predicted molar refractivity (Wildman–Crippen MR) is 101 cm³/mol. The third kappa shape index (κ3) is 4.21. The van der Waals surface area contributed by atoms with E-state index in [1.807, 2.05) is 36.4 Å². The van der Waals surface area contributed by atoms with Gasteiger partial charge in [-0.25, -0.2) is 0 Å². The standard InChI is InChI=1S/C18H16N2O2S2/c1-13-3-2-4-15(9-13)11-22-16-7-5-14(6-8-16)10-19-20-17(21)12-24-18(20)23/h2-10H,11-12H2,1H3/b19-10+. The number of amides is 1. The van der Waals surface area contributed by atoms with Gasteiger partial charge >= 0.3 is 0 Å². The van der Waals surface area contributed by atoms with E-state index in [1.165, 1.54) is 22.3 Å². The summed E-state index contributed by atoms with van der Waals surface area (Å²) >= 11 is 6.41. The fraction of sp³-hybridized carbons (Fsp3) is 0.167. The minimum Gasteiger partial charge on any atom is -0.489 e. The van der Waals surface area contributed by atoms with Crippen molar-refractivity contribution in [3.05, 3.63) is 65.2 Å². The van der Waals surface area contributed by atoms with Crippen LogP contribution in [-0.2, 0) is 11.4 Å². The van der Waals surface area contributed by atoms with Gasteiger partial charge in [-0.1, -0.05) is 53.8 Å². The Morgan fingerprint density at radius 2 is 2.08 bits per heavy atom. The van der Waals surface area contributed by atoms with Gasteiger partial charge in [-0.2, -0.15) is 10.1 Å². The SMILES string of the molecule is Cc1cccc(COc2ccc(/C=N/N3C(=O)CSC3=S)cc2)c1. The van der Waals surface area contributed by atoms with Crippen molar-refractivity contribution in [3.63, 3.8) is 0 Å².